The number of carbonyl (C=O) groups is 1. The lowest BCUT2D eigenvalue weighted by Crippen LogP contribution is -2.26. The van der Waals surface area contributed by atoms with Crippen LogP contribution in [0.25, 0.3) is 0 Å². The fourth-order valence-corrected chi connectivity index (χ4v) is 2.92. The molecule has 1 aromatic carbocycles. The van der Waals surface area contributed by atoms with Crippen LogP contribution in [-0.2, 0) is 0 Å². The second kappa shape index (κ2) is 5.52. The summed E-state index contributed by atoms with van der Waals surface area (Å²) >= 11 is 3.11. The van der Waals surface area contributed by atoms with E-state index < -0.39 is 0 Å². The lowest BCUT2D eigenvalue weighted by molar-refractivity contribution is 0.0837. The summed E-state index contributed by atoms with van der Waals surface area (Å²) in [7, 11) is 0. The van der Waals surface area contributed by atoms with Crippen molar-refractivity contribution in [1.82, 2.24) is 0 Å². The van der Waals surface area contributed by atoms with Crippen LogP contribution >= 0.6 is 15.9 Å². The first-order valence-electron chi connectivity index (χ1n) is 6.48. The van der Waals surface area contributed by atoms with Crippen molar-refractivity contribution in [2.75, 3.05) is 0 Å². The summed E-state index contributed by atoms with van der Waals surface area (Å²) < 4.78 is 13.9. The number of rotatable bonds is 2. The third kappa shape index (κ3) is 2.82. The quantitative estimate of drug-likeness (QED) is 0.714. The van der Waals surface area contributed by atoms with Crippen molar-refractivity contribution in [2.24, 2.45) is 17.8 Å². The van der Waals surface area contributed by atoms with Gasteiger partial charge >= 0.3 is 0 Å². The number of carbonyl (C=O) groups excluding carboxylic acids is 1. The highest BCUT2D eigenvalue weighted by molar-refractivity contribution is 9.10. The van der Waals surface area contributed by atoms with Crippen LogP contribution in [0.15, 0.2) is 22.7 Å². The molecule has 1 aliphatic carbocycles. The Morgan fingerprint density at radius 2 is 2.00 bits per heavy atom. The highest BCUT2D eigenvalue weighted by Gasteiger charge is 2.29. The zero-order chi connectivity index (χ0) is 13.3. The molecule has 3 unspecified atom stereocenters. The molecule has 1 aliphatic rings. The highest BCUT2D eigenvalue weighted by Crippen LogP contribution is 2.35. The first kappa shape index (κ1) is 13.7. The molecule has 1 aromatic rings. The van der Waals surface area contributed by atoms with E-state index in [0.29, 0.717) is 21.9 Å². The monoisotopic (exact) mass is 312 g/mol. The maximum Gasteiger partial charge on any atom is 0.166 e. The van der Waals surface area contributed by atoms with Gasteiger partial charge in [-0.25, -0.2) is 4.39 Å². The summed E-state index contributed by atoms with van der Waals surface area (Å²) in [6.45, 7) is 4.44. The summed E-state index contributed by atoms with van der Waals surface area (Å²) in [6.07, 6.45) is 2.95. The Morgan fingerprint density at radius 1 is 1.28 bits per heavy atom. The molecule has 98 valence electrons. The summed E-state index contributed by atoms with van der Waals surface area (Å²) in [5.74, 6) is 1.07. The van der Waals surface area contributed by atoms with E-state index >= 15 is 0 Å². The van der Waals surface area contributed by atoms with Crippen LogP contribution < -0.4 is 0 Å². The average molecular weight is 313 g/mol. The smallest absolute Gasteiger partial charge is 0.166 e. The Bertz CT molecular complexity index is 458. The summed E-state index contributed by atoms with van der Waals surface area (Å²) in [5.41, 5.74) is 0.502. The molecule has 1 saturated carbocycles. The summed E-state index contributed by atoms with van der Waals surface area (Å²) in [5, 5.41) is 0. The fourth-order valence-electron chi connectivity index (χ4n) is 2.67. The van der Waals surface area contributed by atoms with Crippen LogP contribution in [0.1, 0.15) is 43.5 Å². The van der Waals surface area contributed by atoms with Gasteiger partial charge in [0.05, 0.1) is 4.47 Å². The second-order valence-electron chi connectivity index (χ2n) is 5.46. The largest absolute Gasteiger partial charge is 0.294 e. The molecule has 1 fully saturated rings. The number of ketones is 1. The third-order valence-electron chi connectivity index (χ3n) is 4.17. The van der Waals surface area contributed by atoms with E-state index in [1.807, 2.05) is 0 Å². The molecular formula is C15H18BrFO. The van der Waals surface area contributed by atoms with Gasteiger partial charge in [-0.15, -0.1) is 0 Å². The molecule has 0 N–H and O–H groups in total. The molecule has 0 spiro atoms. The minimum atomic E-state index is -0.363. The van der Waals surface area contributed by atoms with Crippen LogP contribution in [0.4, 0.5) is 4.39 Å². The Kier molecular flexibility index (Phi) is 4.21. The van der Waals surface area contributed by atoms with E-state index in [1.165, 1.54) is 6.07 Å². The van der Waals surface area contributed by atoms with Gasteiger partial charge in [0.1, 0.15) is 5.82 Å². The van der Waals surface area contributed by atoms with Crippen molar-refractivity contribution < 1.29 is 9.18 Å². The number of benzene rings is 1. The van der Waals surface area contributed by atoms with Gasteiger partial charge in [-0.3, -0.25) is 4.79 Å². The lowest BCUT2D eigenvalue weighted by atomic mass is 9.73. The molecule has 0 saturated heterocycles. The molecule has 0 bridgehead atoms. The van der Waals surface area contributed by atoms with Gasteiger partial charge < -0.3 is 0 Å². The van der Waals surface area contributed by atoms with Crippen molar-refractivity contribution >= 4 is 21.7 Å². The van der Waals surface area contributed by atoms with Crippen LogP contribution in [0.2, 0.25) is 0 Å². The van der Waals surface area contributed by atoms with Gasteiger partial charge in [-0.1, -0.05) is 19.9 Å². The first-order chi connectivity index (χ1) is 8.49. The number of hydrogen-bond donors (Lipinski definition) is 0. The predicted molar refractivity (Wildman–Crippen MR) is 74.1 cm³/mol. The average Bonchev–Trinajstić information content (AvgIpc) is 2.35. The van der Waals surface area contributed by atoms with E-state index in [4.69, 9.17) is 0 Å². The third-order valence-corrected chi connectivity index (χ3v) is 4.82. The second-order valence-corrected chi connectivity index (χ2v) is 6.31. The van der Waals surface area contributed by atoms with E-state index in [9.17, 15) is 9.18 Å². The number of halogens is 2. The fraction of sp³-hybridized carbons (Fsp3) is 0.533. The van der Waals surface area contributed by atoms with Crippen molar-refractivity contribution in [3.63, 3.8) is 0 Å². The zero-order valence-corrected chi connectivity index (χ0v) is 12.3. The van der Waals surface area contributed by atoms with Crippen molar-refractivity contribution in [1.29, 1.82) is 0 Å². The van der Waals surface area contributed by atoms with Gasteiger partial charge in [0.25, 0.3) is 0 Å². The number of hydrogen-bond acceptors (Lipinski definition) is 1. The molecule has 0 aromatic heterocycles. The van der Waals surface area contributed by atoms with Crippen molar-refractivity contribution in [3.8, 4) is 0 Å². The maximum atomic E-state index is 13.4. The number of Topliss-reactive ketones (excluding diaryl/α,β-unsaturated/α-hetero) is 1. The highest BCUT2D eigenvalue weighted by atomic mass is 79.9. The lowest BCUT2D eigenvalue weighted by Gasteiger charge is -2.31. The molecule has 3 atom stereocenters. The molecular weight excluding hydrogens is 295 g/mol. The first-order valence-corrected chi connectivity index (χ1v) is 7.27. The van der Waals surface area contributed by atoms with Crippen LogP contribution in [-0.4, -0.2) is 5.78 Å². The molecule has 0 amide bonds. The van der Waals surface area contributed by atoms with E-state index in [2.05, 4.69) is 29.8 Å². The van der Waals surface area contributed by atoms with Gasteiger partial charge in [0.15, 0.2) is 5.78 Å². The summed E-state index contributed by atoms with van der Waals surface area (Å²) in [4.78, 5) is 12.3. The Balaban J connectivity index is 2.14. The SMILES string of the molecule is CC1CCC(C(=O)c2ccc(Br)c(F)c2)CC1C. The topological polar surface area (TPSA) is 17.1 Å². The van der Waals surface area contributed by atoms with Crippen LogP contribution in [0.5, 0.6) is 0 Å². The molecule has 0 aliphatic heterocycles. The molecule has 3 heteroatoms. The molecule has 0 heterocycles. The molecule has 18 heavy (non-hydrogen) atoms. The van der Waals surface area contributed by atoms with Crippen molar-refractivity contribution in [3.05, 3.63) is 34.1 Å². The molecule has 0 radical (unpaired) electrons. The predicted octanol–water partition coefficient (Wildman–Crippen LogP) is 4.84. The molecule has 1 nitrogen and oxygen atoms in total. The van der Waals surface area contributed by atoms with Gasteiger partial charge in [0, 0.05) is 11.5 Å². The minimum absolute atomic E-state index is 0.0665. The standard InChI is InChI=1S/C15H18BrFO/c1-9-3-4-11(7-10(9)2)15(18)12-5-6-13(16)14(17)8-12/h5-6,8-11H,3-4,7H2,1-2H3. The van der Waals surface area contributed by atoms with Crippen LogP contribution in [0, 0.1) is 23.6 Å². The molecule has 2 rings (SSSR count). The Labute approximate surface area is 116 Å². The van der Waals surface area contributed by atoms with Gasteiger partial charge in [-0.2, -0.15) is 0 Å². The van der Waals surface area contributed by atoms with E-state index in [-0.39, 0.29) is 17.5 Å². The normalized spacial score (nSPS) is 28.1. The Hall–Kier alpha value is -0.700. The van der Waals surface area contributed by atoms with Crippen LogP contribution in [0.3, 0.4) is 0 Å². The maximum absolute atomic E-state index is 13.4. The Morgan fingerprint density at radius 3 is 2.61 bits per heavy atom. The minimum Gasteiger partial charge on any atom is -0.294 e. The van der Waals surface area contributed by atoms with Gasteiger partial charge in [-0.05, 0) is 59.2 Å². The van der Waals surface area contributed by atoms with E-state index in [0.717, 1.165) is 19.3 Å². The van der Waals surface area contributed by atoms with Crippen molar-refractivity contribution in [2.45, 2.75) is 33.1 Å². The summed E-state index contributed by atoms with van der Waals surface area (Å²) in [6, 6.07) is 4.66. The van der Waals surface area contributed by atoms with E-state index in [1.54, 1.807) is 12.1 Å². The van der Waals surface area contributed by atoms with Gasteiger partial charge in [0.2, 0.25) is 0 Å². The zero-order valence-electron chi connectivity index (χ0n) is 10.7.